The highest BCUT2D eigenvalue weighted by Crippen LogP contribution is 2.29. The maximum absolute atomic E-state index is 5.65. The van der Waals surface area contributed by atoms with Crippen molar-refractivity contribution < 1.29 is 4.74 Å². The monoisotopic (exact) mass is 213 g/mol. The van der Waals surface area contributed by atoms with Gasteiger partial charge in [-0.3, -0.25) is 0 Å². The predicted molar refractivity (Wildman–Crippen MR) is 65.1 cm³/mol. The van der Waals surface area contributed by atoms with Crippen LogP contribution in [0.4, 0.5) is 0 Å². The van der Waals surface area contributed by atoms with Crippen molar-refractivity contribution in [1.29, 1.82) is 0 Å². The smallest absolute Gasteiger partial charge is 0.0468 e. The van der Waals surface area contributed by atoms with E-state index >= 15 is 0 Å². The Hall–Kier alpha value is -0.0800. The predicted octanol–water partition coefficient (Wildman–Crippen LogP) is 2.97. The highest BCUT2D eigenvalue weighted by atomic mass is 16.5. The average molecular weight is 213 g/mol. The fourth-order valence-corrected chi connectivity index (χ4v) is 2.12. The second-order valence-corrected chi connectivity index (χ2v) is 4.73. The van der Waals surface area contributed by atoms with Gasteiger partial charge in [-0.05, 0) is 38.6 Å². The number of rotatable bonds is 9. The molecular weight excluding hydrogens is 186 g/mol. The highest BCUT2D eigenvalue weighted by Gasteiger charge is 2.16. The van der Waals surface area contributed by atoms with E-state index in [9.17, 15) is 0 Å². The van der Waals surface area contributed by atoms with E-state index in [0.717, 1.165) is 19.1 Å². The average Bonchev–Trinajstić information content (AvgIpc) is 2.20. The van der Waals surface area contributed by atoms with Crippen molar-refractivity contribution in [1.82, 2.24) is 5.32 Å². The minimum Gasteiger partial charge on any atom is -0.381 e. The lowest BCUT2D eigenvalue weighted by atomic mass is 9.83. The maximum Gasteiger partial charge on any atom is 0.0468 e. The van der Waals surface area contributed by atoms with E-state index in [1.165, 1.54) is 44.9 Å². The normalized spacial score (nSPS) is 18.8. The molecule has 1 fully saturated rings. The molecule has 1 aliphatic carbocycles. The fourth-order valence-electron chi connectivity index (χ4n) is 2.12. The van der Waals surface area contributed by atoms with Crippen LogP contribution in [-0.4, -0.2) is 26.3 Å². The van der Waals surface area contributed by atoms with Gasteiger partial charge in [0.05, 0.1) is 0 Å². The van der Waals surface area contributed by atoms with Crippen LogP contribution >= 0.6 is 0 Å². The summed E-state index contributed by atoms with van der Waals surface area (Å²) >= 11 is 0. The van der Waals surface area contributed by atoms with Crippen molar-refractivity contribution in [2.24, 2.45) is 5.92 Å². The molecule has 0 amide bonds. The summed E-state index contributed by atoms with van der Waals surface area (Å²) in [5.41, 5.74) is 0. The molecular formula is C13H27NO. The fraction of sp³-hybridized carbons (Fsp3) is 1.00. The SMILES string of the molecule is CCC(CCCOCCC1CCC1)NC. The summed E-state index contributed by atoms with van der Waals surface area (Å²) < 4.78 is 5.65. The van der Waals surface area contributed by atoms with Crippen molar-refractivity contribution in [2.75, 3.05) is 20.3 Å². The van der Waals surface area contributed by atoms with Gasteiger partial charge in [0.1, 0.15) is 0 Å². The minimum atomic E-state index is 0.681. The van der Waals surface area contributed by atoms with Crippen molar-refractivity contribution in [2.45, 2.75) is 57.9 Å². The first-order valence-electron chi connectivity index (χ1n) is 6.61. The number of ether oxygens (including phenoxy) is 1. The van der Waals surface area contributed by atoms with E-state index < -0.39 is 0 Å². The molecule has 15 heavy (non-hydrogen) atoms. The van der Waals surface area contributed by atoms with Gasteiger partial charge < -0.3 is 10.1 Å². The van der Waals surface area contributed by atoms with Gasteiger partial charge >= 0.3 is 0 Å². The lowest BCUT2D eigenvalue weighted by molar-refractivity contribution is 0.102. The number of hydrogen-bond donors (Lipinski definition) is 1. The third-order valence-electron chi connectivity index (χ3n) is 3.64. The Morgan fingerprint density at radius 1 is 1.33 bits per heavy atom. The molecule has 90 valence electrons. The lowest BCUT2D eigenvalue weighted by Crippen LogP contribution is -2.24. The van der Waals surface area contributed by atoms with Crippen molar-refractivity contribution in [3.05, 3.63) is 0 Å². The quantitative estimate of drug-likeness (QED) is 0.595. The van der Waals surface area contributed by atoms with Crippen LogP contribution < -0.4 is 5.32 Å². The summed E-state index contributed by atoms with van der Waals surface area (Å²) in [7, 11) is 2.05. The first-order chi connectivity index (χ1) is 7.36. The third-order valence-corrected chi connectivity index (χ3v) is 3.64. The van der Waals surface area contributed by atoms with E-state index in [2.05, 4.69) is 12.2 Å². The van der Waals surface area contributed by atoms with Crippen molar-refractivity contribution >= 4 is 0 Å². The van der Waals surface area contributed by atoms with E-state index in [1.807, 2.05) is 7.05 Å². The van der Waals surface area contributed by atoms with Crippen LogP contribution in [0.5, 0.6) is 0 Å². The van der Waals surface area contributed by atoms with Gasteiger partial charge in [0, 0.05) is 19.3 Å². The van der Waals surface area contributed by atoms with Gasteiger partial charge in [-0.25, -0.2) is 0 Å². The molecule has 1 aliphatic rings. The second kappa shape index (κ2) is 8.12. The molecule has 1 atom stereocenters. The molecule has 2 nitrogen and oxygen atoms in total. The molecule has 0 aromatic rings. The Balaban J connectivity index is 1.79. The van der Waals surface area contributed by atoms with Crippen molar-refractivity contribution in [3.63, 3.8) is 0 Å². The summed E-state index contributed by atoms with van der Waals surface area (Å²) in [6.07, 6.45) is 9.30. The largest absolute Gasteiger partial charge is 0.381 e. The van der Waals surface area contributed by atoms with Crippen LogP contribution in [0.1, 0.15) is 51.9 Å². The molecule has 0 aromatic heterocycles. The van der Waals surface area contributed by atoms with Crippen LogP contribution in [0.15, 0.2) is 0 Å². The molecule has 0 saturated heterocycles. The molecule has 0 aliphatic heterocycles. The van der Waals surface area contributed by atoms with E-state index in [1.54, 1.807) is 0 Å². The molecule has 1 rings (SSSR count). The van der Waals surface area contributed by atoms with Crippen LogP contribution in [0.25, 0.3) is 0 Å². The van der Waals surface area contributed by atoms with Gasteiger partial charge in [0.25, 0.3) is 0 Å². The minimum absolute atomic E-state index is 0.681. The molecule has 0 radical (unpaired) electrons. The summed E-state index contributed by atoms with van der Waals surface area (Å²) in [6.45, 7) is 4.17. The Morgan fingerprint density at radius 2 is 2.13 bits per heavy atom. The zero-order valence-corrected chi connectivity index (χ0v) is 10.4. The second-order valence-electron chi connectivity index (χ2n) is 4.73. The molecule has 0 aromatic carbocycles. The summed E-state index contributed by atoms with van der Waals surface area (Å²) in [5, 5.41) is 3.32. The lowest BCUT2D eigenvalue weighted by Gasteiger charge is -2.24. The zero-order chi connectivity index (χ0) is 10.9. The number of hydrogen-bond acceptors (Lipinski definition) is 2. The summed E-state index contributed by atoms with van der Waals surface area (Å²) in [5.74, 6) is 0.991. The maximum atomic E-state index is 5.65. The molecule has 2 heteroatoms. The molecule has 0 spiro atoms. The van der Waals surface area contributed by atoms with Crippen LogP contribution in [0.3, 0.4) is 0 Å². The first kappa shape index (κ1) is 13.0. The van der Waals surface area contributed by atoms with E-state index in [-0.39, 0.29) is 0 Å². The van der Waals surface area contributed by atoms with Gasteiger partial charge in [0.15, 0.2) is 0 Å². The van der Waals surface area contributed by atoms with E-state index in [4.69, 9.17) is 4.74 Å². The molecule has 0 heterocycles. The molecule has 1 unspecified atom stereocenters. The molecule has 1 N–H and O–H groups in total. The Kier molecular flexibility index (Phi) is 7.03. The Bertz CT molecular complexity index is 141. The van der Waals surface area contributed by atoms with Gasteiger partial charge in [0.2, 0.25) is 0 Å². The summed E-state index contributed by atoms with van der Waals surface area (Å²) in [4.78, 5) is 0. The molecule has 1 saturated carbocycles. The zero-order valence-electron chi connectivity index (χ0n) is 10.4. The van der Waals surface area contributed by atoms with Crippen LogP contribution in [-0.2, 0) is 4.74 Å². The molecule has 0 bridgehead atoms. The van der Waals surface area contributed by atoms with E-state index in [0.29, 0.717) is 6.04 Å². The van der Waals surface area contributed by atoms with Crippen LogP contribution in [0.2, 0.25) is 0 Å². The highest BCUT2D eigenvalue weighted by molar-refractivity contribution is 4.68. The number of nitrogens with one attached hydrogen (secondary N) is 1. The van der Waals surface area contributed by atoms with Gasteiger partial charge in [-0.1, -0.05) is 26.2 Å². The topological polar surface area (TPSA) is 21.3 Å². The standard InChI is InChI=1S/C13H27NO/c1-3-13(14-2)8-5-10-15-11-9-12-6-4-7-12/h12-14H,3-11H2,1-2H3. The van der Waals surface area contributed by atoms with Crippen molar-refractivity contribution in [3.8, 4) is 0 Å². The van der Waals surface area contributed by atoms with Crippen LogP contribution in [0, 0.1) is 5.92 Å². The summed E-state index contributed by atoms with van der Waals surface area (Å²) in [6, 6.07) is 0.681. The first-order valence-corrected chi connectivity index (χ1v) is 6.61. The van der Waals surface area contributed by atoms with Gasteiger partial charge in [-0.2, -0.15) is 0 Å². The third kappa shape index (κ3) is 5.53. The Morgan fingerprint density at radius 3 is 2.67 bits per heavy atom. The Labute approximate surface area is 94.8 Å². The van der Waals surface area contributed by atoms with Gasteiger partial charge in [-0.15, -0.1) is 0 Å².